The molecule has 0 aromatic carbocycles. The largest absolute Gasteiger partial charge is 0.481 e. The molecule has 1 aliphatic rings. The molecular weight excluding hydrogens is 248 g/mol. The van der Waals surface area contributed by atoms with Gasteiger partial charge in [0.05, 0.1) is 13.0 Å². The monoisotopic (exact) mass is 266 g/mol. The Labute approximate surface area is 111 Å². The van der Waals surface area contributed by atoms with Gasteiger partial charge in [-0.1, -0.05) is 0 Å². The molecule has 0 spiro atoms. The number of aliphatic carboxylic acids is 1. The van der Waals surface area contributed by atoms with Crippen LogP contribution in [0.5, 0.6) is 0 Å². The molecule has 0 aliphatic heterocycles. The summed E-state index contributed by atoms with van der Waals surface area (Å²) >= 11 is 0. The fourth-order valence-corrected chi connectivity index (χ4v) is 1.97. The molecule has 0 radical (unpaired) electrons. The Morgan fingerprint density at radius 1 is 1.63 bits per heavy atom. The Hall–Kier alpha value is -2.05. The van der Waals surface area contributed by atoms with E-state index in [-0.39, 0.29) is 18.5 Å². The van der Waals surface area contributed by atoms with Crippen LogP contribution in [0, 0.1) is 5.92 Å². The minimum atomic E-state index is -0.883. The van der Waals surface area contributed by atoms with Crippen LogP contribution < -0.4 is 5.32 Å². The second-order valence-corrected chi connectivity index (χ2v) is 4.88. The highest BCUT2D eigenvalue weighted by atomic mass is 16.4. The van der Waals surface area contributed by atoms with Crippen LogP contribution >= 0.6 is 0 Å². The normalized spacial score (nSPS) is 15.8. The van der Waals surface area contributed by atoms with Crippen molar-refractivity contribution in [1.29, 1.82) is 0 Å². The molecule has 104 valence electrons. The van der Waals surface area contributed by atoms with Gasteiger partial charge in [-0.05, 0) is 18.8 Å². The van der Waals surface area contributed by atoms with Gasteiger partial charge in [0.1, 0.15) is 5.82 Å². The number of urea groups is 1. The van der Waals surface area contributed by atoms with Crippen molar-refractivity contribution in [1.82, 2.24) is 20.2 Å². The number of aromatic nitrogens is 2. The minimum absolute atomic E-state index is 0.0228. The predicted molar refractivity (Wildman–Crippen MR) is 67.4 cm³/mol. The topological polar surface area (TPSA) is 98.3 Å². The van der Waals surface area contributed by atoms with E-state index in [9.17, 15) is 9.59 Å². The maximum absolute atomic E-state index is 12.0. The van der Waals surface area contributed by atoms with Crippen molar-refractivity contribution >= 4 is 12.0 Å². The zero-order chi connectivity index (χ0) is 13.8. The highest BCUT2D eigenvalue weighted by Gasteiger charge is 2.34. The Balaban J connectivity index is 1.85. The second-order valence-electron chi connectivity index (χ2n) is 4.88. The molecule has 0 bridgehead atoms. The summed E-state index contributed by atoms with van der Waals surface area (Å²) in [5.74, 6) is 0.113. The second kappa shape index (κ2) is 5.73. The molecule has 1 aromatic rings. The molecule has 1 heterocycles. The number of H-pyrrole nitrogens is 1. The Morgan fingerprint density at radius 2 is 2.37 bits per heavy atom. The molecule has 2 amide bonds. The highest BCUT2D eigenvalue weighted by Crippen LogP contribution is 2.34. The third-order valence-electron chi connectivity index (χ3n) is 3.18. The van der Waals surface area contributed by atoms with E-state index in [4.69, 9.17) is 5.11 Å². The minimum Gasteiger partial charge on any atom is -0.481 e. The molecule has 1 saturated carbocycles. The first kappa shape index (κ1) is 13.4. The number of aromatic amines is 1. The molecule has 1 fully saturated rings. The smallest absolute Gasteiger partial charge is 0.317 e. The maximum atomic E-state index is 12.0. The first-order valence-electron chi connectivity index (χ1n) is 6.28. The van der Waals surface area contributed by atoms with Crippen molar-refractivity contribution in [2.24, 2.45) is 5.92 Å². The number of rotatable bonds is 6. The molecule has 19 heavy (non-hydrogen) atoms. The zero-order valence-electron chi connectivity index (χ0n) is 10.8. The molecule has 2 rings (SSSR count). The van der Waals surface area contributed by atoms with Gasteiger partial charge in [0, 0.05) is 25.5 Å². The van der Waals surface area contributed by atoms with Gasteiger partial charge in [0.2, 0.25) is 0 Å². The zero-order valence-corrected chi connectivity index (χ0v) is 10.8. The summed E-state index contributed by atoms with van der Waals surface area (Å²) in [5, 5.41) is 11.6. The molecule has 1 aromatic heterocycles. The van der Waals surface area contributed by atoms with Crippen molar-refractivity contribution in [3.05, 3.63) is 18.2 Å². The average molecular weight is 266 g/mol. The SMILES string of the molecule is CN(Cc1ncc[nH]1)C(=O)NC(CC(=O)O)C1CC1. The van der Waals surface area contributed by atoms with Gasteiger partial charge in [-0.3, -0.25) is 4.79 Å². The van der Waals surface area contributed by atoms with Gasteiger partial charge in [-0.15, -0.1) is 0 Å². The number of carbonyl (C=O) groups is 2. The fourth-order valence-electron chi connectivity index (χ4n) is 1.97. The van der Waals surface area contributed by atoms with Crippen LogP contribution in [0.3, 0.4) is 0 Å². The number of imidazole rings is 1. The van der Waals surface area contributed by atoms with Crippen LogP contribution in [0.4, 0.5) is 4.79 Å². The van der Waals surface area contributed by atoms with Crippen LogP contribution in [0.1, 0.15) is 25.1 Å². The van der Waals surface area contributed by atoms with E-state index in [0.29, 0.717) is 18.3 Å². The molecule has 1 unspecified atom stereocenters. The van der Waals surface area contributed by atoms with Crippen LogP contribution in [-0.2, 0) is 11.3 Å². The summed E-state index contributed by atoms with van der Waals surface area (Å²) in [4.78, 5) is 31.2. The van der Waals surface area contributed by atoms with Crippen LogP contribution in [0.15, 0.2) is 12.4 Å². The van der Waals surface area contributed by atoms with Gasteiger partial charge in [0.15, 0.2) is 0 Å². The lowest BCUT2D eigenvalue weighted by molar-refractivity contribution is -0.137. The Kier molecular flexibility index (Phi) is 4.03. The lowest BCUT2D eigenvalue weighted by Gasteiger charge is -2.22. The lowest BCUT2D eigenvalue weighted by atomic mass is 10.1. The maximum Gasteiger partial charge on any atom is 0.317 e. The Bertz CT molecular complexity index is 442. The molecule has 0 saturated heterocycles. The van der Waals surface area contributed by atoms with E-state index in [2.05, 4.69) is 15.3 Å². The van der Waals surface area contributed by atoms with E-state index in [0.717, 1.165) is 12.8 Å². The van der Waals surface area contributed by atoms with Gasteiger partial charge < -0.3 is 20.3 Å². The molecule has 7 heteroatoms. The quantitative estimate of drug-likeness (QED) is 0.709. The Morgan fingerprint density at radius 3 is 2.89 bits per heavy atom. The average Bonchev–Trinajstić information content (AvgIpc) is 3.07. The number of amides is 2. The van der Waals surface area contributed by atoms with E-state index in [1.165, 1.54) is 4.90 Å². The van der Waals surface area contributed by atoms with Gasteiger partial charge in [-0.25, -0.2) is 9.78 Å². The summed E-state index contributed by atoms with van der Waals surface area (Å²) in [6, 6.07) is -0.543. The summed E-state index contributed by atoms with van der Waals surface area (Å²) < 4.78 is 0. The van der Waals surface area contributed by atoms with Crippen LogP contribution in [0.2, 0.25) is 0 Å². The highest BCUT2D eigenvalue weighted by molar-refractivity contribution is 5.75. The third kappa shape index (κ3) is 3.97. The van der Waals surface area contributed by atoms with Crippen LogP contribution in [0.25, 0.3) is 0 Å². The van der Waals surface area contributed by atoms with Gasteiger partial charge >= 0.3 is 12.0 Å². The van der Waals surface area contributed by atoms with Crippen LogP contribution in [-0.4, -0.2) is 45.1 Å². The summed E-state index contributed by atoms with van der Waals surface area (Å²) in [6.45, 7) is 0.364. The van der Waals surface area contributed by atoms with Gasteiger partial charge in [-0.2, -0.15) is 0 Å². The number of hydrogen-bond acceptors (Lipinski definition) is 3. The molecular formula is C12H18N4O3. The van der Waals surface area contributed by atoms with E-state index in [1.54, 1.807) is 19.4 Å². The first-order valence-corrected chi connectivity index (χ1v) is 6.28. The third-order valence-corrected chi connectivity index (χ3v) is 3.18. The van der Waals surface area contributed by atoms with Crippen molar-refractivity contribution < 1.29 is 14.7 Å². The number of carboxylic acids is 1. The number of nitrogens with zero attached hydrogens (tertiary/aromatic N) is 2. The van der Waals surface area contributed by atoms with E-state index >= 15 is 0 Å². The number of carbonyl (C=O) groups excluding carboxylic acids is 1. The summed E-state index contributed by atoms with van der Waals surface area (Å²) in [6.07, 6.45) is 5.27. The van der Waals surface area contributed by atoms with Gasteiger partial charge in [0.25, 0.3) is 0 Å². The fraction of sp³-hybridized carbons (Fsp3) is 0.583. The number of carboxylic acid groups (broad SMARTS) is 1. The molecule has 1 aliphatic carbocycles. The van der Waals surface area contributed by atoms with Crippen molar-refractivity contribution in [2.75, 3.05) is 7.05 Å². The number of hydrogen-bond donors (Lipinski definition) is 3. The number of nitrogens with one attached hydrogen (secondary N) is 2. The van der Waals surface area contributed by atoms with E-state index in [1.807, 2.05) is 0 Å². The molecule has 1 atom stereocenters. The first-order chi connectivity index (χ1) is 9.06. The standard InChI is InChI=1S/C12H18N4O3/c1-16(7-10-13-4-5-14-10)12(19)15-9(6-11(17)18)8-2-3-8/h4-5,8-9H,2-3,6-7H2,1H3,(H,13,14)(H,15,19)(H,17,18). The summed E-state index contributed by atoms with van der Waals surface area (Å²) in [5.41, 5.74) is 0. The van der Waals surface area contributed by atoms with Crippen molar-refractivity contribution in [3.63, 3.8) is 0 Å². The molecule has 7 nitrogen and oxygen atoms in total. The van der Waals surface area contributed by atoms with Crippen molar-refractivity contribution in [2.45, 2.75) is 31.8 Å². The van der Waals surface area contributed by atoms with Crippen molar-refractivity contribution in [3.8, 4) is 0 Å². The van der Waals surface area contributed by atoms with E-state index < -0.39 is 5.97 Å². The predicted octanol–water partition coefficient (Wildman–Crippen LogP) is 0.804. The molecule has 3 N–H and O–H groups in total. The summed E-state index contributed by atoms with van der Waals surface area (Å²) in [7, 11) is 1.66. The lowest BCUT2D eigenvalue weighted by Crippen LogP contribution is -2.44.